The summed E-state index contributed by atoms with van der Waals surface area (Å²) in [7, 11) is -5.67. The van der Waals surface area contributed by atoms with E-state index in [0.29, 0.717) is 6.07 Å². The molecule has 1 aromatic carbocycles. The van der Waals surface area contributed by atoms with Crippen LogP contribution in [-0.4, -0.2) is 32.2 Å². The van der Waals surface area contributed by atoms with Crippen LogP contribution in [0.1, 0.15) is 13.8 Å². The lowest BCUT2D eigenvalue weighted by Gasteiger charge is -2.23. The maximum Gasteiger partial charge on any atom is 0.501 e. The molecule has 0 bridgehead atoms. The third-order valence-corrected chi connectivity index (χ3v) is 4.25. The van der Waals surface area contributed by atoms with E-state index in [9.17, 15) is 26.0 Å². The van der Waals surface area contributed by atoms with Gasteiger partial charge in [-0.05, 0) is 18.2 Å². The van der Waals surface area contributed by atoms with Crippen LogP contribution in [0.25, 0.3) is 0 Å². The molecule has 0 heterocycles. The molecule has 2 N–H and O–H groups in total. The first-order chi connectivity index (χ1) is 9.40. The van der Waals surface area contributed by atoms with Crippen molar-refractivity contribution in [2.75, 3.05) is 18.5 Å². The van der Waals surface area contributed by atoms with E-state index in [1.54, 1.807) is 13.8 Å². The summed E-state index contributed by atoms with van der Waals surface area (Å²) >= 11 is 0. The van der Waals surface area contributed by atoms with Gasteiger partial charge in [0.1, 0.15) is 10.7 Å². The smallest absolute Gasteiger partial charge is 0.396 e. The number of hydrogen-bond donors (Lipinski definition) is 2. The summed E-state index contributed by atoms with van der Waals surface area (Å²) in [6.45, 7) is 3.00. The van der Waals surface area contributed by atoms with Gasteiger partial charge in [0, 0.05) is 18.6 Å². The third-order valence-electron chi connectivity index (χ3n) is 2.72. The molecule has 0 amide bonds. The Bertz CT molecular complexity index is 611. The number of benzene rings is 1. The van der Waals surface area contributed by atoms with Crippen LogP contribution in [0.2, 0.25) is 0 Å². The largest absolute Gasteiger partial charge is 0.501 e. The van der Waals surface area contributed by atoms with Crippen LogP contribution in [-0.2, 0) is 9.84 Å². The van der Waals surface area contributed by atoms with Gasteiger partial charge >= 0.3 is 5.51 Å². The Hall–Kier alpha value is -1.35. The van der Waals surface area contributed by atoms with E-state index in [0.717, 1.165) is 12.1 Å². The number of anilines is 1. The second kappa shape index (κ2) is 5.80. The second-order valence-electron chi connectivity index (χ2n) is 5.27. The van der Waals surface area contributed by atoms with Crippen LogP contribution in [0.4, 0.5) is 23.2 Å². The van der Waals surface area contributed by atoms with Crippen LogP contribution in [0, 0.1) is 11.2 Å². The van der Waals surface area contributed by atoms with E-state index < -0.39 is 31.5 Å². The molecule has 0 unspecified atom stereocenters. The summed E-state index contributed by atoms with van der Waals surface area (Å²) in [5.74, 6) is -1.09. The van der Waals surface area contributed by atoms with Gasteiger partial charge in [0.05, 0.1) is 5.69 Å². The molecular formula is C12H15F4NO3S. The van der Waals surface area contributed by atoms with E-state index in [1.165, 1.54) is 0 Å². The zero-order chi connectivity index (χ0) is 16.5. The minimum atomic E-state index is -5.67. The molecule has 9 heteroatoms. The molecule has 0 aliphatic rings. The zero-order valence-electron chi connectivity index (χ0n) is 11.3. The van der Waals surface area contributed by atoms with Crippen molar-refractivity contribution in [3.05, 3.63) is 24.0 Å². The molecule has 0 aliphatic heterocycles. The Balaban J connectivity index is 3.25. The van der Waals surface area contributed by atoms with E-state index >= 15 is 0 Å². The van der Waals surface area contributed by atoms with Crippen molar-refractivity contribution in [1.82, 2.24) is 0 Å². The van der Waals surface area contributed by atoms with Crippen LogP contribution < -0.4 is 5.32 Å². The van der Waals surface area contributed by atoms with Gasteiger partial charge in [-0.15, -0.1) is 0 Å². The number of nitrogens with one attached hydrogen (secondary N) is 1. The topological polar surface area (TPSA) is 66.4 Å². The fourth-order valence-electron chi connectivity index (χ4n) is 1.38. The highest BCUT2D eigenvalue weighted by Crippen LogP contribution is 2.35. The molecular weight excluding hydrogens is 314 g/mol. The minimum Gasteiger partial charge on any atom is -0.396 e. The molecule has 1 rings (SSSR count). The van der Waals surface area contributed by atoms with E-state index in [2.05, 4.69) is 5.32 Å². The van der Waals surface area contributed by atoms with Gasteiger partial charge < -0.3 is 10.4 Å². The summed E-state index contributed by atoms with van der Waals surface area (Å²) in [5.41, 5.74) is -6.58. The van der Waals surface area contributed by atoms with E-state index in [4.69, 9.17) is 5.11 Å². The number of sulfone groups is 1. The number of aliphatic hydroxyl groups is 1. The zero-order valence-corrected chi connectivity index (χ0v) is 12.1. The predicted octanol–water partition coefficient (Wildman–Crippen LogP) is 2.55. The highest BCUT2D eigenvalue weighted by Gasteiger charge is 2.48. The highest BCUT2D eigenvalue weighted by molar-refractivity contribution is 7.92. The van der Waals surface area contributed by atoms with Crippen LogP contribution in [0.15, 0.2) is 23.1 Å². The van der Waals surface area contributed by atoms with Crippen molar-refractivity contribution in [3.63, 3.8) is 0 Å². The Morgan fingerprint density at radius 3 is 2.29 bits per heavy atom. The fraction of sp³-hybridized carbons (Fsp3) is 0.500. The van der Waals surface area contributed by atoms with Gasteiger partial charge in [0.25, 0.3) is 9.84 Å². The molecule has 21 heavy (non-hydrogen) atoms. The van der Waals surface area contributed by atoms with Gasteiger partial charge in [-0.1, -0.05) is 13.8 Å². The fourth-order valence-corrected chi connectivity index (χ4v) is 2.33. The quantitative estimate of drug-likeness (QED) is 0.815. The van der Waals surface area contributed by atoms with Gasteiger partial charge in [-0.3, -0.25) is 0 Å². The highest BCUT2D eigenvalue weighted by atomic mass is 32.2. The maximum absolute atomic E-state index is 13.1. The van der Waals surface area contributed by atoms with Gasteiger partial charge in [-0.2, -0.15) is 13.2 Å². The summed E-state index contributed by atoms with van der Waals surface area (Å²) in [4.78, 5) is -1.18. The molecule has 0 aliphatic carbocycles. The molecule has 0 saturated carbocycles. The Morgan fingerprint density at radius 2 is 1.81 bits per heavy atom. The molecule has 4 nitrogen and oxygen atoms in total. The van der Waals surface area contributed by atoms with Crippen LogP contribution >= 0.6 is 0 Å². The molecule has 120 valence electrons. The van der Waals surface area contributed by atoms with Gasteiger partial charge in [0.2, 0.25) is 0 Å². The van der Waals surface area contributed by atoms with Crippen LogP contribution in [0.3, 0.4) is 0 Å². The molecule has 0 saturated heterocycles. The Kier molecular flexibility index (Phi) is 4.89. The third kappa shape index (κ3) is 4.07. The average Bonchev–Trinajstić information content (AvgIpc) is 2.36. The first-order valence-electron chi connectivity index (χ1n) is 5.86. The molecule has 0 atom stereocenters. The Morgan fingerprint density at radius 1 is 1.24 bits per heavy atom. The predicted molar refractivity (Wildman–Crippen MR) is 69.0 cm³/mol. The summed E-state index contributed by atoms with van der Waals surface area (Å²) in [6.07, 6.45) is 0. The molecule has 1 aromatic rings. The molecule has 0 radical (unpaired) electrons. The molecule has 0 spiro atoms. The van der Waals surface area contributed by atoms with Crippen molar-refractivity contribution in [1.29, 1.82) is 0 Å². The maximum atomic E-state index is 13.1. The molecule has 0 aromatic heterocycles. The monoisotopic (exact) mass is 329 g/mol. The number of rotatable bonds is 5. The summed E-state index contributed by atoms with van der Waals surface area (Å²) < 4.78 is 73.8. The standard InChI is InChI=1S/C12H15F4NO3S/c1-11(2,7-18)6-17-9-4-3-8(13)5-10(9)21(19,20)12(14,15)16/h3-5,17-18H,6-7H2,1-2H3. The lowest BCUT2D eigenvalue weighted by atomic mass is 9.95. The first kappa shape index (κ1) is 17.7. The van der Waals surface area contributed by atoms with Crippen molar-refractivity contribution in [2.45, 2.75) is 24.3 Å². The summed E-state index contributed by atoms with van der Waals surface area (Å²) in [5, 5.41) is 11.6. The number of hydrogen-bond acceptors (Lipinski definition) is 4. The number of halogens is 4. The van der Waals surface area contributed by atoms with E-state index in [-0.39, 0.29) is 18.8 Å². The van der Waals surface area contributed by atoms with Gasteiger partial charge in [0.15, 0.2) is 0 Å². The lowest BCUT2D eigenvalue weighted by molar-refractivity contribution is -0.0435. The van der Waals surface area contributed by atoms with E-state index in [1.807, 2.05) is 0 Å². The van der Waals surface area contributed by atoms with Crippen molar-refractivity contribution < 1.29 is 31.1 Å². The summed E-state index contributed by atoms with van der Waals surface area (Å²) in [6, 6.07) is 2.09. The second-order valence-corrected chi connectivity index (χ2v) is 7.18. The Labute approximate surface area is 119 Å². The van der Waals surface area contributed by atoms with Crippen molar-refractivity contribution in [2.24, 2.45) is 5.41 Å². The first-order valence-corrected chi connectivity index (χ1v) is 7.35. The van der Waals surface area contributed by atoms with Crippen molar-refractivity contribution in [3.8, 4) is 0 Å². The normalized spacial score (nSPS) is 13.3. The average molecular weight is 329 g/mol. The van der Waals surface area contributed by atoms with Crippen LogP contribution in [0.5, 0.6) is 0 Å². The lowest BCUT2D eigenvalue weighted by Crippen LogP contribution is -2.29. The number of aliphatic hydroxyl groups excluding tert-OH is 1. The van der Waals surface area contributed by atoms with Crippen molar-refractivity contribution >= 4 is 15.5 Å². The SMILES string of the molecule is CC(C)(CO)CNc1ccc(F)cc1S(=O)(=O)C(F)(F)F. The molecule has 0 fully saturated rings. The van der Waals surface area contributed by atoms with Gasteiger partial charge in [-0.25, -0.2) is 12.8 Å². The number of alkyl halides is 3. The minimum absolute atomic E-state index is 0.00943.